The number of fused-ring (bicyclic) bond motifs is 1. The van der Waals surface area contributed by atoms with Crippen LogP contribution in [0.5, 0.6) is 0 Å². The zero-order chi connectivity index (χ0) is 11.0. The number of hydrogen-bond donors (Lipinski definition) is 0. The molecule has 5 heteroatoms. The Morgan fingerprint density at radius 1 is 1.60 bits per heavy atom. The molecule has 15 heavy (non-hydrogen) atoms. The van der Waals surface area contributed by atoms with E-state index in [1.807, 2.05) is 18.6 Å². The molecule has 0 saturated carbocycles. The van der Waals surface area contributed by atoms with Crippen LogP contribution in [0.25, 0.3) is 4.96 Å². The molecule has 0 aliphatic heterocycles. The molecule has 0 radical (unpaired) electrons. The molecule has 2 aromatic heterocycles. The van der Waals surface area contributed by atoms with Crippen LogP contribution in [-0.2, 0) is 5.88 Å². The monoisotopic (exact) mass is 243 g/mol. The maximum absolute atomic E-state index is 5.98. The molecule has 0 bridgehead atoms. The van der Waals surface area contributed by atoms with Gasteiger partial charge in [-0.3, -0.25) is 4.40 Å². The molecule has 0 aromatic carbocycles. The van der Waals surface area contributed by atoms with Crippen molar-refractivity contribution in [2.75, 3.05) is 11.9 Å². The van der Waals surface area contributed by atoms with Crippen molar-refractivity contribution < 1.29 is 0 Å². The van der Waals surface area contributed by atoms with Crippen LogP contribution in [0, 0.1) is 0 Å². The number of thiazole rings is 1. The first-order valence-electron chi connectivity index (χ1n) is 4.88. The van der Waals surface area contributed by atoms with Crippen molar-refractivity contribution >= 4 is 33.7 Å². The van der Waals surface area contributed by atoms with E-state index in [-0.39, 0.29) is 0 Å². The van der Waals surface area contributed by atoms with E-state index in [1.165, 1.54) is 0 Å². The summed E-state index contributed by atoms with van der Waals surface area (Å²) in [7, 11) is 2.05. The van der Waals surface area contributed by atoms with Crippen LogP contribution in [-0.4, -0.2) is 22.5 Å². The predicted molar refractivity (Wildman–Crippen MR) is 66.2 cm³/mol. The Morgan fingerprint density at radius 3 is 2.93 bits per heavy atom. The molecule has 0 saturated heterocycles. The smallest absolute Gasteiger partial charge is 0.195 e. The van der Waals surface area contributed by atoms with Crippen molar-refractivity contribution in [2.24, 2.45) is 0 Å². The van der Waals surface area contributed by atoms with Gasteiger partial charge in [-0.25, -0.2) is 4.98 Å². The van der Waals surface area contributed by atoms with E-state index in [4.69, 9.17) is 11.6 Å². The zero-order valence-corrected chi connectivity index (χ0v) is 10.6. The quantitative estimate of drug-likeness (QED) is 0.773. The van der Waals surface area contributed by atoms with Crippen LogP contribution >= 0.6 is 22.9 Å². The van der Waals surface area contributed by atoms with E-state index >= 15 is 0 Å². The van der Waals surface area contributed by atoms with Gasteiger partial charge in [-0.15, -0.1) is 22.9 Å². The number of rotatable bonds is 3. The maximum Gasteiger partial charge on any atom is 0.195 e. The first-order chi connectivity index (χ1) is 7.15. The van der Waals surface area contributed by atoms with Crippen LogP contribution in [0.1, 0.15) is 19.5 Å². The second-order valence-corrected chi connectivity index (χ2v) is 4.92. The Bertz CT molecular complexity index is 460. The lowest BCUT2D eigenvalue weighted by Gasteiger charge is -2.22. The molecule has 0 N–H and O–H groups in total. The highest BCUT2D eigenvalue weighted by Gasteiger charge is 2.17. The Morgan fingerprint density at radius 2 is 2.33 bits per heavy atom. The largest absolute Gasteiger partial charge is 0.356 e. The first kappa shape index (κ1) is 10.8. The summed E-state index contributed by atoms with van der Waals surface area (Å²) in [5, 5.41) is 2.03. The first-order valence-corrected chi connectivity index (χ1v) is 6.29. The number of aromatic nitrogens is 2. The molecule has 0 aliphatic rings. The molecular formula is C10H14ClN3S. The summed E-state index contributed by atoms with van der Waals surface area (Å²) in [6.07, 6.45) is 2.02. The third-order valence-corrected chi connectivity index (χ3v) is 3.58. The fourth-order valence-electron chi connectivity index (χ4n) is 1.47. The van der Waals surface area contributed by atoms with Crippen molar-refractivity contribution in [1.29, 1.82) is 0 Å². The summed E-state index contributed by atoms with van der Waals surface area (Å²) in [5.41, 5.74) is 1.07. The van der Waals surface area contributed by atoms with E-state index < -0.39 is 0 Å². The molecule has 0 aliphatic carbocycles. The Balaban J connectivity index is 2.54. The van der Waals surface area contributed by atoms with Gasteiger partial charge >= 0.3 is 0 Å². The van der Waals surface area contributed by atoms with E-state index in [0.717, 1.165) is 16.5 Å². The van der Waals surface area contributed by atoms with E-state index in [2.05, 4.69) is 28.1 Å². The summed E-state index contributed by atoms with van der Waals surface area (Å²) in [4.78, 5) is 7.75. The summed E-state index contributed by atoms with van der Waals surface area (Å²) >= 11 is 7.61. The van der Waals surface area contributed by atoms with Crippen molar-refractivity contribution in [3.63, 3.8) is 0 Å². The number of hydrogen-bond acceptors (Lipinski definition) is 3. The van der Waals surface area contributed by atoms with Crippen LogP contribution < -0.4 is 4.90 Å². The summed E-state index contributed by atoms with van der Waals surface area (Å²) in [6.45, 7) is 4.29. The normalized spacial score (nSPS) is 11.5. The van der Waals surface area contributed by atoms with Gasteiger partial charge in [0, 0.05) is 24.7 Å². The standard InChI is InChI=1S/C10H14ClN3S/c1-7(2)13(3)9-8(6-11)14-4-5-15-10(14)12-9/h4-5,7H,6H2,1-3H3. The van der Waals surface area contributed by atoms with Gasteiger partial charge in [-0.2, -0.15) is 0 Å². The Labute approximate surface area is 98.3 Å². The van der Waals surface area contributed by atoms with Crippen LogP contribution in [0.2, 0.25) is 0 Å². The molecule has 2 heterocycles. The Kier molecular flexibility index (Phi) is 2.89. The Hall–Kier alpha value is -0.740. The zero-order valence-electron chi connectivity index (χ0n) is 9.07. The van der Waals surface area contributed by atoms with Crippen molar-refractivity contribution in [3.05, 3.63) is 17.3 Å². The number of alkyl halides is 1. The third kappa shape index (κ3) is 1.72. The minimum atomic E-state index is 0.427. The summed E-state index contributed by atoms with van der Waals surface area (Å²) in [6, 6.07) is 0.427. The summed E-state index contributed by atoms with van der Waals surface area (Å²) < 4.78 is 2.06. The number of anilines is 1. The second kappa shape index (κ2) is 4.02. The number of halogens is 1. The van der Waals surface area contributed by atoms with Crippen LogP contribution in [0.3, 0.4) is 0 Å². The second-order valence-electron chi connectivity index (χ2n) is 3.78. The van der Waals surface area contributed by atoms with E-state index in [9.17, 15) is 0 Å². The topological polar surface area (TPSA) is 20.5 Å². The molecule has 2 rings (SSSR count). The van der Waals surface area contributed by atoms with Gasteiger partial charge in [0.15, 0.2) is 10.8 Å². The SMILES string of the molecule is CC(C)N(C)c1nc2sccn2c1CCl. The molecular weight excluding hydrogens is 230 g/mol. The molecule has 0 atom stereocenters. The van der Waals surface area contributed by atoms with Gasteiger partial charge in [0.05, 0.1) is 11.6 Å². The molecule has 0 amide bonds. The lowest BCUT2D eigenvalue weighted by molar-refractivity contribution is 0.742. The lowest BCUT2D eigenvalue weighted by Crippen LogP contribution is -2.26. The van der Waals surface area contributed by atoms with Crippen molar-refractivity contribution in [2.45, 2.75) is 25.8 Å². The third-order valence-electron chi connectivity index (χ3n) is 2.58. The highest BCUT2D eigenvalue weighted by molar-refractivity contribution is 7.15. The number of imidazole rings is 1. The predicted octanol–water partition coefficient (Wildman–Crippen LogP) is 2.98. The fraction of sp³-hybridized carbons (Fsp3) is 0.500. The van der Waals surface area contributed by atoms with E-state index in [0.29, 0.717) is 11.9 Å². The van der Waals surface area contributed by atoms with Gasteiger partial charge in [0.25, 0.3) is 0 Å². The van der Waals surface area contributed by atoms with Crippen LogP contribution in [0.15, 0.2) is 11.6 Å². The minimum absolute atomic E-state index is 0.427. The highest BCUT2D eigenvalue weighted by Crippen LogP contribution is 2.26. The molecule has 3 nitrogen and oxygen atoms in total. The molecule has 82 valence electrons. The van der Waals surface area contributed by atoms with Crippen molar-refractivity contribution in [1.82, 2.24) is 9.38 Å². The van der Waals surface area contributed by atoms with Crippen LogP contribution in [0.4, 0.5) is 5.82 Å². The highest BCUT2D eigenvalue weighted by atomic mass is 35.5. The summed E-state index contributed by atoms with van der Waals surface area (Å²) in [5.74, 6) is 1.48. The van der Waals surface area contributed by atoms with Gasteiger partial charge in [-0.05, 0) is 13.8 Å². The average molecular weight is 244 g/mol. The van der Waals surface area contributed by atoms with Crippen molar-refractivity contribution in [3.8, 4) is 0 Å². The lowest BCUT2D eigenvalue weighted by atomic mass is 10.3. The fourth-order valence-corrected chi connectivity index (χ4v) is 2.45. The van der Waals surface area contributed by atoms with Gasteiger partial charge in [0.1, 0.15) is 0 Å². The minimum Gasteiger partial charge on any atom is -0.356 e. The van der Waals surface area contributed by atoms with Gasteiger partial charge in [0.2, 0.25) is 0 Å². The van der Waals surface area contributed by atoms with Gasteiger partial charge < -0.3 is 4.90 Å². The molecule has 2 aromatic rings. The van der Waals surface area contributed by atoms with E-state index in [1.54, 1.807) is 11.3 Å². The average Bonchev–Trinajstić information content (AvgIpc) is 2.74. The number of nitrogens with zero attached hydrogens (tertiary/aromatic N) is 3. The molecule has 0 fully saturated rings. The maximum atomic E-state index is 5.98. The molecule has 0 spiro atoms. The van der Waals surface area contributed by atoms with Gasteiger partial charge in [-0.1, -0.05) is 0 Å². The molecule has 0 unspecified atom stereocenters.